The first-order chi connectivity index (χ1) is 22.2. The summed E-state index contributed by atoms with van der Waals surface area (Å²) in [5, 5.41) is 4.05. The molecular weight excluding hydrogens is 639 g/mol. The summed E-state index contributed by atoms with van der Waals surface area (Å²) in [6.07, 6.45) is 3.39. The Morgan fingerprint density at radius 1 is 0.957 bits per heavy atom. The van der Waals surface area contributed by atoms with Crippen LogP contribution in [0, 0.1) is 5.41 Å². The minimum Gasteiger partial charge on any atom is -0.444 e. The predicted octanol–water partition coefficient (Wildman–Crippen LogP) is 7.04. The Morgan fingerprint density at radius 2 is 1.64 bits per heavy atom. The van der Waals surface area contributed by atoms with Crippen molar-refractivity contribution in [2.45, 2.75) is 59.6 Å². The van der Waals surface area contributed by atoms with Crippen molar-refractivity contribution >= 4 is 41.0 Å². The molecule has 2 aromatic heterocycles. The second-order valence-electron chi connectivity index (χ2n) is 13.8. The number of carbonyl (C=O) groups is 2. The molecule has 0 spiro atoms. The van der Waals surface area contributed by atoms with Gasteiger partial charge in [0.25, 0.3) is 0 Å². The number of amides is 2. The second kappa shape index (κ2) is 14.7. The zero-order valence-corrected chi connectivity index (χ0v) is 29.3. The molecule has 1 N–H and O–H groups in total. The number of nitrogens with zero attached hydrogens (tertiary/aromatic N) is 5. The Hall–Kier alpha value is -3.60. The average molecular weight is 684 g/mol. The fourth-order valence-electron chi connectivity index (χ4n) is 5.76. The molecule has 2 aliphatic heterocycles. The summed E-state index contributed by atoms with van der Waals surface area (Å²) in [4.78, 5) is 39.7. The van der Waals surface area contributed by atoms with Gasteiger partial charge in [0.05, 0.1) is 11.9 Å². The lowest BCUT2D eigenvalue weighted by atomic mass is 9.80. The van der Waals surface area contributed by atoms with Crippen LogP contribution in [0.3, 0.4) is 0 Å². The van der Waals surface area contributed by atoms with Crippen molar-refractivity contribution in [3.05, 3.63) is 64.3 Å². The van der Waals surface area contributed by atoms with E-state index in [0.717, 1.165) is 49.4 Å². The molecule has 10 nitrogen and oxygen atoms in total. The molecule has 0 atom stereocenters. The minimum atomic E-state index is -0.521. The van der Waals surface area contributed by atoms with Gasteiger partial charge >= 0.3 is 6.09 Å². The molecule has 2 amide bonds. The van der Waals surface area contributed by atoms with E-state index in [0.29, 0.717) is 60.1 Å². The third-order valence-electron chi connectivity index (χ3n) is 8.45. The van der Waals surface area contributed by atoms with Gasteiger partial charge in [-0.25, -0.2) is 14.8 Å². The molecule has 0 aliphatic carbocycles. The van der Waals surface area contributed by atoms with E-state index in [1.165, 1.54) is 0 Å². The molecule has 0 unspecified atom stereocenters. The number of piperazine rings is 1. The van der Waals surface area contributed by atoms with Crippen molar-refractivity contribution in [3.8, 4) is 22.9 Å². The quantitative estimate of drug-likeness (QED) is 0.270. The average Bonchev–Trinajstić information content (AvgIpc) is 3.00. The second-order valence-corrected chi connectivity index (χ2v) is 14.6. The molecule has 4 heterocycles. The van der Waals surface area contributed by atoms with E-state index < -0.39 is 5.60 Å². The van der Waals surface area contributed by atoms with Crippen LogP contribution < -0.4 is 15.0 Å². The molecule has 3 aromatic rings. The summed E-state index contributed by atoms with van der Waals surface area (Å²) in [7, 11) is 0. The number of ether oxygens (including phenoxy) is 2. The van der Waals surface area contributed by atoms with Gasteiger partial charge in [-0.1, -0.05) is 30.1 Å². The number of halogens is 2. The first-order valence-electron chi connectivity index (χ1n) is 16.0. The molecule has 252 valence electrons. The van der Waals surface area contributed by atoms with E-state index in [4.69, 9.17) is 37.7 Å². The Balaban J connectivity index is 1.27. The summed E-state index contributed by atoms with van der Waals surface area (Å²) < 4.78 is 11.8. The summed E-state index contributed by atoms with van der Waals surface area (Å²) in [6.45, 7) is 15.1. The van der Waals surface area contributed by atoms with Crippen molar-refractivity contribution in [3.63, 3.8) is 0 Å². The van der Waals surface area contributed by atoms with Crippen molar-refractivity contribution in [2.24, 2.45) is 5.41 Å². The maximum absolute atomic E-state index is 12.4. The number of pyridine rings is 2. The van der Waals surface area contributed by atoms with Crippen LogP contribution in [0.15, 0.2) is 48.7 Å². The summed E-state index contributed by atoms with van der Waals surface area (Å²) in [5.74, 6) is 1.83. The number of hydrogen-bond donors (Lipinski definition) is 1. The Kier molecular flexibility index (Phi) is 10.8. The molecule has 2 fully saturated rings. The zero-order chi connectivity index (χ0) is 33.8. The standard InChI is InChI=1S/C35H44Cl2N6O4/c1-24(44)39-23-35(5)8-10-41(11-9-35)22-25-16-30(26-18-27(36)20-28(37)19-26)40-32(17-25)46-29-6-7-31(38-21-29)42-12-14-43(15-13-42)33(45)47-34(2,3)4/h6-7,16-21H,8-15,22-23H2,1-5H3,(H,39,44). The molecule has 0 bridgehead atoms. The predicted molar refractivity (Wildman–Crippen MR) is 185 cm³/mol. The van der Waals surface area contributed by atoms with Crippen LogP contribution in [-0.2, 0) is 16.1 Å². The van der Waals surface area contributed by atoms with Crippen molar-refractivity contribution in [2.75, 3.05) is 50.7 Å². The van der Waals surface area contributed by atoms with Gasteiger partial charge in [-0.05, 0) is 94.1 Å². The van der Waals surface area contributed by atoms with Crippen LogP contribution in [0.2, 0.25) is 10.0 Å². The van der Waals surface area contributed by atoms with Gasteiger partial charge in [0.15, 0.2) is 0 Å². The Morgan fingerprint density at radius 3 is 2.23 bits per heavy atom. The van der Waals surface area contributed by atoms with E-state index in [2.05, 4.69) is 33.1 Å². The van der Waals surface area contributed by atoms with E-state index >= 15 is 0 Å². The molecule has 2 saturated heterocycles. The topological polar surface area (TPSA) is 100 Å². The fraction of sp³-hybridized carbons (Fsp3) is 0.486. The number of nitrogens with one attached hydrogen (secondary N) is 1. The van der Waals surface area contributed by atoms with Crippen molar-refractivity contribution in [1.29, 1.82) is 0 Å². The smallest absolute Gasteiger partial charge is 0.410 e. The first kappa shape index (κ1) is 34.7. The number of anilines is 1. The van der Waals surface area contributed by atoms with E-state index in [9.17, 15) is 9.59 Å². The number of carbonyl (C=O) groups excluding carboxylic acids is 2. The lowest BCUT2D eigenvalue weighted by Gasteiger charge is -2.39. The highest BCUT2D eigenvalue weighted by molar-refractivity contribution is 6.35. The molecule has 12 heteroatoms. The molecule has 2 aliphatic rings. The summed E-state index contributed by atoms with van der Waals surface area (Å²) >= 11 is 12.7. The third kappa shape index (κ3) is 9.95. The lowest BCUT2D eigenvalue weighted by Crippen LogP contribution is -2.50. The molecule has 47 heavy (non-hydrogen) atoms. The SMILES string of the molecule is CC(=O)NCC1(C)CCN(Cc2cc(Oc3ccc(N4CCN(C(=O)OC(C)(C)C)CC4)nc3)nc(-c3cc(Cl)cc(Cl)c3)c2)CC1. The zero-order valence-electron chi connectivity index (χ0n) is 27.8. The number of piperidine rings is 1. The lowest BCUT2D eigenvalue weighted by molar-refractivity contribution is -0.119. The highest BCUT2D eigenvalue weighted by Gasteiger charge is 2.30. The number of benzene rings is 1. The number of aromatic nitrogens is 2. The van der Waals surface area contributed by atoms with Crippen LogP contribution in [0.1, 0.15) is 53.0 Å². The molecule has 0 saturated carbocycles. The minimum absolute atomic E-state index is 0.00888. The maximum Gasteiger partial charge on any atom is 0.410 e. The van der Waals surface area contributed by atoms with E-state index in [1.807, 2.05) is 51.1 Å². The van der Waals surface area contributed by atoms with Crippen LogP contribution in [0.25, 0.3) is 11.3 Å². The highest BCUT2D eigenvalue weighted by Crippen LogP contribution is 2.33. The molecule has 5 rings (SSSR count). The van der Waals surface area contributed by atoms with Crippen molar-refractivity contribution < 1.29 is 19.1 Å². The number of rotatable bonds is 8. The number of likely N-dealkylation sites (tertiary alicyclic amines) is 1. The Labute approximate surface area is 287 Å². The van der Waals surface area contributed by atoms with Crippen LogP contribution in [0.5, 0.6) is 11.6 Å². The van der Waals surface area contributed by atoms with Gasteiger partial charge in [-0.3, -0.25) is 9.69 Å². The van der Waals surface area contributed by atoms with Gasteiger partial charge < -0.3 is 24.6 Å². The monoisotopic (exact) mass is 682 g/mol. The molecule has 1 aromatic carbocycles. The highest BCUT2D eigenvalue weighted by atomic mass is 35.5. The van der Waals surface area contributed by atoms with Crippen LogP contribution >= 0.6 is 23.2 Å². The van der Waals surface area contributed by atoms with E-state index in [1.54, 1.807) is 24.1 Å². The Bertz CT molecular complexity index is 1540. The van der Waals surface area contributed by atoms with Crippen LogP contribution in [-0.4, -0.2) is 83.2 Å². The van der Waals surface area contributed by atoms with Gasteiger partial charge in [0.2, 0.25) is 11.8 Å². The maximum atomic E-state index is 12.4. The number of hydrogen-bond acceptors (Lipinski definition) is 8. The van der Waals surface area contributed by atoms with Gasteiger partial charge in [0, 0.05) is 67.9 Å². The normalized spacial score (nSPS) is 16.9. The fourth-order valence-corrected chi connectivity index (χ4v) is 6.29. The molecular formula is C35H44Cl2N6O4. The van der Waals surface area contributed by atoms with Gasteiger partial charge in [-0.2, -0.15) is 0 Å². The van der Waals surface area contributed by atoms with Gasteiger partial charge in [0.1, 0.15) is 17.2 Å². The third-order valence-corrected chi connectivity index (χ3v) is 8.89. The van der Waals surface area contributed by atoms with Crippen LogP contribution in [0.4, 0.5) is 10.6 Å². The summed E-state index contributed by atoms with van der Waals surface area (Å²) in [5.41, 5.74) is 2.13. The largest absolute Gasteiger partial charge is 0.444 e. The van der Waals surface area contributed by atoms with E-state index in [-0.39, 0.29) is 17.4 Å². The first-order valence-corrected chi connectivity index (χ1v) is 16.8. The summed E-state index contributed by atoms with van der Waals surface area (Å²) in [6, 6.07) is 13.2. The van der Waals surface area contributed by atoms with Crippen molar-refractivity contribution in [1.82, 2.24) is 25.1 Å². The van der Waals surface area contributed by atoms with Gasteiger partial charge in [-0.15, -0.1) is 0 Å². The molecule has 0 radical (unpaired) electrons.